The van der Waals surface area contributed by atoms with Gasteiger partial charge >= 0.3 is 5.97 Å². The highest BCUT2D eigenvalue weighted by Gasteiger charge is 2.31. The van der Waals surface area contributed by atoms with E-state index in [0.29, 0.717) is 25.3 Å². The van der Waals surface area contributed by atoms with Crippen molar-refractivity contribution in [3.8, 4) is 23.0 Å². The Kier molecular flexibility index (Phi) is 5.11. The van der Waals surface area contributed by atoms with Gasteiger partial charge in [0.05, 0.1) is 25.0 Å². The van der Waals surface area contributed by atoms with Gasteiger partial charge in [-0.25, -0.2) is 4.98 Å². The predicted octanol–water partition coefficient (Wildman–Crippen LogP) is 3.77. The number of benzene rings is 1. The lowest BCUT2D eigenvalue weighted by atomic mass is 9.89. The van der Waals surface area contributed by atoms with Crippen molar-refractivity contribution < 1.29 is 14.6 Å². The molecule has 134 valence electrons. The molecule has 0 saturated carbocycles. The van der Waals surface area contributed by atoms with Crippen molar-refractivity contribution in [2.24, 2.45) is 5.41 Å². The van der Waals surface area contributed by atoms with Crippen LogP contribution >= 0.6 is 0 Å². The van der Waals surface area contributed by atoms with Gasteiger partial charge in [0, 0.05) is 12.1 Å². The first-order chi connectivity index (χ1) is 12.4. The zero-order valence-corrected chi connectivity index (χ0v) is 15.4. The summed E-state index contributed by atoms with van der Waals surface area (Å²) in [5, 5.41) is 9.00. The van der Waals surface area contributed by atoms with E-state index in [1.165, 1.54) is 11.1 Å². The lowest BCUT2D eigenvalue weighted by molar-refractivity contribution is -0.136. The highest BCUT2D eigenvalue weighted by atomic mass is 16.5. The monoisotopic (exact) mass is 349 g/mol. The van der Waals surface area contributed by atoms with E-state index in [9.17, 15) is 4.79 Å². The van der Waals surface area contributed by atoms with E-state index < -0.39 is 5.97 Å². The first-order valence-corrected chi connectivity index (χ1v) is 8.77. The van der Waals surface area contributed by atoms with Crippen LogP contribution in [-0.4, -0.2) is 29.3 Å². The molecule has 0 spiro atoms. The molecule has 4 heteroatoms. The summed E-state index contributed by atoms with van der Waals surface area (Å²) in [5.74, 6) is 5.61. The Bertz CT molecular complexity index is 881. The van der Waals surface area contributed by atoms with Gasteiger partial charge in [-0.1, -0.05) is 24.1 Å². The van der Waals surface area contributed by atoms with Gasteiger partial charge in [0.25, 0.3) is 0 Å². The third-order valence-electron chi connectivity index (χ3n) is 4.58. The fourth-order valence-corrected chi connectivity index (χ4v) is 3.12. The number of carbonyl (C=O) groups is 1. The molecule has 26 heavy (non-hydrogen) atoms. The summed E-state index contributed by atoms with van der Waals surface area (Å²) >= 11 is 0. The molecule has 1 aliphatic heterocycles. The second-order valence-electron chi connectivity index (χ2n) is 7.20. The molecule has 0 aliphatic carbocycles. The predicted molar refractivity (Wildman–Crippen MR) is 101 cm³/mol. The number of rotatable bonds is 4. The largest absolute Gasteiger partial charge is 0.481 e. The van der Waals surface area contributed by atoms with Crippen LogP contribution in [0.2, 0.25) is 0 Å². The highest BCUT2D eigenvalue weighted by Crippen LogP contribution is 2.29. The Balaban J connectivity index is 2.04. The summed E-state index contributed by atoms with van der Waals surface area (Å²) in [7, 11) is 0. The van der Waals surface area contributed by atoms with Gasteiger partial charge in [-0.05, 0) is 61.1 Å². The Morgan fingerprint density at radius 3 is 2.54 bits per heavy atom. The molecule has 1 aromatic carbocycles. The van der Waals surface area contributed by atoms with Crippen LogP contribution in [0.5, 0.6) is 0 Å². The van der Waals surface area contributed by atoms with Crippen LogP contribution in [0.4, 0.5) is 0 Å². The van der Waals surface area contributed by atoms with E-state index in [0.717, 1.165) is 16.8 Å². The summed E-state index contributed by atoms with van der Waals surface area (Å²) in [6.07, 6.45) is 0.449. The Labute approximate surface area is 154 Å². The van der Waals surface area contributed by atoms with Crippen LogP contribution < -0.4 is 0 Å². The SMILES string of the molecule is Cc1cccc(C)c1-c1cc(C#CC2(C)COC2)nc(CCC(=O)O)c1. The number of aliphatic carboxylic acids is 1. The molecule has 2 aromatic rings. The lowest BCUT2D eigenvalue weighted by Crippen LogP contribution is -2.38. The van der Waals surface area contributed by atoms with E-state index in [1.54, 1.807) is 0 Å². The van der Waals surface area contributed by atoms with Crippen molar-refractivity contribution in [2.75, 3.05) is 13.2 Å². The number of ether oxygens (including phenoxy) is 1. The van der Waals surface area contributed by atoms with Crippen LogP contribution in [0.1, 0.15) is 35.9 Å². The van der Waals surface area contributed by atoms with Gasteiger partial charge in [-0.3, -0.25) is 4.79 Å². The smallest absolute Gasteiger partial charge is 0.303 e. The molecule has 1 aromatic heterocycles. The summed E-state index contributed by atoms with van der Waals surface area (Å²) in [4.78, 5) is 15.5. The number of carboxylic acid groups (broad SMARTS) is 1. The molecule has 0 bridgehead atoms. The second kappa shape index (κ2) is 7.31. The summed E-state index contributed by atoms with van der Waals surface area (Å²) in [5.41, 5.74) is 5.88. The molecule has 2 heterocycles. The van der Waals surface area contributed by atoms with Crippen LogP contribution in [-0.2, 0) is 16.0 Å². The standard InChI is InChI=1S/C22H23NO3/c1-15-5-4-6-16(2)21(15)17-11-18(7-8-20(24)25)23-19(12-17)9-10-22(3)13-26-14-22/h4-6,11-12H,7-8,13-14H2,1-3H3,(H,24,25). The first-order valence-electron chi connectivity index (χ1n) is 8.77. The molecule has 4 nitrogen and oxygen atoms in total. The van der Waals surface area contributed by atoms with Gasteiger partial charge in [0.1, 0.15) is 5.69 Å². The summed E-state index contributed by atoms with van der Waals surface area (Å²) in [6.45, 7) is 7.52. The highest BCUT2D eigenvalue weighted by molar-refractivity contribution is 5.72. The summed E-state index contributed by atoms with van der Waals surface area (Å²) < 4.78 is 5.25. The van der Waals surface area contributed by atoms with E-state index in [2.05, 4.69) is 49.7 Å². The van der Waals surface area contributed by atoms with Crippen LogP contribution in [0.15, 0.2) is 30.3 Å². The number of carboxylic acids is 1. The van der Waals surface area contributed by atoms with E-state index >= 15 is 0 Å². The van der Waals surface area contributed by atoms with Gasteiger partial charge in [-0.2, -0.15) is 0 Å². The molecule has 1 N–H and O–H groups in total. The summed E-state index contributed by atoms with van der Waals surface area (Å²) in [6, 6.07) is 10.2. The fraction of sp³-hybridized carbons (Fsp3) is 0.364. The molecular formula is C22H23NO3. The van der Waals surface area contributed by atoms with Gasteiger partial charge in [0.15, 0.2) is 0 Å². The zero-order chi connectivity index (χ0) is 18.7. The first kappa shape index (κ1) is 18.2. The van der Waals surface area contributed by atoms with Gasteiger partial charge in [-0.15, -0.1) is 0 Å². The Morgan fingerprint density at radius 2 is 1.96 bits per heavy atom. The number of nitrogens with zero attached hydrogens (tertiary/aromatic N) is 1. The molecule has 0 atom stereocenters. The molecule has 0 unspecified atom stereocenters. The minimum absolute atomic E-state index is 0.0572. The average molecular weight is 349 g/mol. The van der Waals surface area contributed by atoms with Crippen LogP contribution in [0.3, 0.4) is 0 Å². The van der Waals surface area contributed by atoms with Crippen molar-refractivity contribution in [1.29, 1.82) is 0 Å². The number of aryl methyl sites for hydroxylation is 3. The zero-order valence-electron chi connectivity index (χ0n) is 15.4. The number of pyridine rings is 1. The molecule has 1 fully saturated rings. The van der Waals surface area contributed by atoms with Crippen molar-refractivity contribution in [3.05, 3.63) is 52.8 Å². The normalized spacial score (nSPS) is 14.9. The molecule has 0 radical (unpaired) electrons. The third kappa shape index (κ3) is 4.12. The number of hydrogen-bond acceptors (Lipinski definition) is 3. The molecular weight excluding hydrogens is 326 g/mol. The topological polar surface area (TPSA) is 59.4 Å². The maximum Gasteiger partial charge on any atom is 0.303 e. The van der Waals surface area contributed by atoms with Crippen LogP contribution in [0, 0.1) is 31.1 Å². The van der Waals surface area contributed by atoms with Crippen molar-refractivity contribution in [3.63, 3.8) is 0 Å². The maximum absolute atomic E-state index is 11.0. The average Bonchev–Trinajstić information content (AvgIpc) is 2.56. The maximum atomic E-state index is 11.0. The van der Waals surface area contributed by atoms with Crippen molar-refractivity contribution >= 4 is 5.97 Å². The van der Waals surface area contributed by atoms with Crippen LogP contribution in [0.25, 0.3) is 11.1 Å². The number of hydrogen-bond donors (Lipinski definition) is 1. The van der Waals surface area contributed by atoms with Gasteiger partial charge in [0.2, 0.25) is 0 Å². The van der Waals surface area contributed by atoms with Gasteiger partial charge < -0.3 is 9.84 Å². The van der Waals surface area contributed by atoms with Crippen molar-refractivity contribution in [1.82, 2.24) is 4.98 Å². The van der Waals surface area contributed by atoms with E-state index in [4.69, 9.17) is 9.84 Å². The minimum Gasteiger partial charge on any atom is -0.481 e. The quantitative estimate of drug-likeness (QED) is 0.854. The lowest BCUT2D eigenvalue weighted by Gasteiger charge is -2.32. The van der Waals surface area contributed by atoms with E-state index in [1.807, 2.05) is 18.2 Å². The third-order valence-corrected chi connectivity index (χ3v) is 4.58. The molecule has 1 aliphatic rings. The minimum atomic E-state index is -0.823. The Morgan fingerprint density at radius 1 is 1.27 bits per heavy atom. The van der Waals surface area contributed by atoms with Crippen molar-refractivity contribution in [2.45, 2.75) is 33.6 Å². The molecule has 0 amide bonds. The van der Waals surface area contributed by atoms with E-state index in [-0.39, 0.29) is 11.8 Å². The number of aromatic nitrogens is 1. The molecule has 1 saturated heterocycles. The fourth-order valence-electron chi connectivity index (χ4n) is 3.12. The Hall–Kier alpha value is -2.64. The second-order valence-corrected chi connectivity index (χ2v) is 7.20. The molecule has 3 rings (SSSR count).